The minimum atomic E-state index is -0.0913. The molecular formula is C22H23N3O6. The summed E-state index contributed by atoms with van der Waals surface area (Å²) in [5, 5.41) is 4.10. The highest BCUT2D eigenvalue weighted by atomic mass is 16.5. The maximum atomic E-state index is 13.0. The van der Waals surface area contributed by atoms with E-state index in [1.54, 1.807) is 29.2 Å². The molecule has 162 valence electrons. The Balaban J connectivity index is 1.70. The lowest BCUT2D eigenvalue weighted by Gasteiger charge is -2.27. The minimum Gasteiger partial charge on any atom is -0.493 e. The van der Waals surface area contributed by atoms with Crippen LogP contribution in [0.2, 0.25) is 0 Å². The van der Waals surface area contributed by atoms with Crippen LogP contribution in [0.1, 0.15) is 10.4 Å². The largest absolute Gasteiger partial charge is 0.493 e. The molecule has 0 spiro atoms. The van der Waals surface area contributed by atoms with Crippen molar-refractivity contribution in [3.05, 3.63) is 42.0 Å². The maximum Gasteiger partial charge on any atom is 0.259 e. The van der Waals surface area contributed by atoms with Crippen molar-refractivity contribution in [1.29, 1.82) is 0 Å². The summed E-state index contributed by atoms with van der Waals surface area (Å²) in [5.74, 6) is 1.92. The SMILES string of the molecule is COc1cc(-c2noc(-c3ccccc3C(=O)N3CCOCC3)n2)cc(OC)c1OC. The molecule has 9 heteroatoms. The van der Waals surface area contributed by atoms with Crippen molar-refractivity contribution in [1.82, 2.24) is 15.0 Å². The quantitative estimate of drug-likeness (QED) is 0.595. The number of amides is 1. The van der Waals surface area contributed by atoms with Crippen LogP contribution in [0.4, 0.5) is 0 Å². The highest BCUT2D eigenvalue weighted by Crippen LogP contribution is 2.41. The number of carbonyl (C=O) groups is 1. The number of hydrogen-bond donors (Lipinski definition) is 0. The third-order valence-corrected chi connectivity index (χ3v) is 5.04. The molecule has 0 N–H and O–H groups in total. The summed E-state index contributed by atoms with van der Waals surface area (Å²) in [4.78, 5) is 19.3. The summed E-state index contributed by atoms with van der Waals surface area (Å²) in [6.07, 6.45) is 0. The molecule has 9 nitrogen and oxygen atoms in total. The van der Waals surface area contributed by atoms with E-state index in [0.29, 0.717) is 66.1 Å². The van der Waals surface area contributed by atoms with Crippen molar-refractivity contribution in [3.8, 4) is 40.1 Å². The second-order valence-corrected chi connectivity index (χ2v) is 6.79. The van der Waals surface area contributed by atoms with Gasteiger partial charge in [0, 0.05) is 18.7 Å². The van der Waals surface area contributed by atoms with Gasteiger partial charge in [0.05, 0.1) is 45.7 Å². The van der Waals surface area contributed by atoms with Gasteiger partial charge in [-0.15, -0.1) is 0 Å². The summed E-state index contributed by atoms with van der Waals surface area (Å²) < 4.78 is 27.0. The van der Waals surface area contributed by atoms with Crippen molar-refractivity contribution in [3.63, 3.8) is 0 Å². The van der Waals surface area contributed by atoms with Gasteiger partial charge in [-0.3, -0.25) is 4.79 Å². The smallest absolute Gasteiger partial charge is 0.259 e. The fourth-order valence-electron chi connectivity index (χ4n) is 3.45. The second kappa shape index (κ2) is 9.05. The molecule has 4 rings (SSSR count). The van der Waals surface area contributed by atoms with E-state index < -0.39 is 0 Å². The number of aromatic nitrogens is 2. The topological polar surface area (TPSA) is 96.2 Å². The van der Waals surface area contributed by atoms with E-state index >= 15 is 0 Å². The predicted octanol–water partition coefficient (Wildman–Crippen LogP) is 2.90. The number of benzene rings is 2. The van der Waals surface area contributed by atoms with Gasteiger partial charge < -0.3 is 28.4 Å². The van der Waals surface area contributed by atoms with E-state index in [1.165, 1.54) is 21.3 Å². The van der Waals surface area contributed by atoms with Gasteiger partial charge in [-0.05, 0) is 24.3 Å². The van der Waals surface area contributed by atoms with Gasteiger partial charge in [-0.2, -0.15) is 4.98 Å². The van der Waals surface area contributed by atoms with Gasteiger partial charge in [-0.25, -0.2) is 0 Å². The van der Waals surface area contributed by atoms with Crippen LogP contribution in [-0.2, 0) is 4.74 Å². The van der Waals surface area contributed by atoms with Crippen LogP contribution in [0.15, 0.2) is 40.9 Å². The van der Waals surface area contributed by atoms with Crippen molar-refractivity contribution in [2.24, 2.45) is 0 Å². The van der Waals surface area contributed by atoms with E-state index in [2.05, 4.69) is 10.1 Å². The Hall–Kier alpha value is -3.59. The van der Waals surface area contributed by atoms with E-state index in [1.807, 2.05) is 12.1 Å². The van der Waals surface area contributed by atoms with Crippen molar-refractivity contribution in [2.45, 2.75) is 0 Å². The summed E-state index contributed by atoms with van der Waals surface area (Å²) in [6.45, 7) is 2.15. The standard InChI is InChI=1S/C22H23N3O6/c1-27-17-12-14(13-18(28-2)19(17)29-3)20-23-21(31-24-20)15-6-4-5-7-16(15)22(26)25-8-10-30-11-9-25/h4-7,12-13H,8-11H2,1-3H3. The Labute approximate surface area is 179 Å². The molecule has 1 fully saturated rings. The first-order valence-corrected chi connectivity index (χ1v) is 9.76. The molecule has 0 radical (unpaired) electrons. The zero-order valence-electron chi connectivity index (χ0n) is 17.6. The number of methoxy groups -OCH3 is 3. The average Bonchev–Trinajstić information content (AvgIpc) is 3.33. The van der Waals surface area contributed by atoms with Crippen LogP contribution in [0.25, 0.3) is 22.8 Å². The molecule has 2 heterocycles. The maximum absolute atomic E-state index is 13.0. The number of nitrogens with zero attached hydrogens (tertiary/aromatic N) is 3. The fourth-order valence-corrected chi connectivity index (χ4v) is 3.45. The number of ether oxygens (including phenoxy) is 4. The van der Waals surface area contributed by atoms with Crippen LogP contribution < -0.4 is 14.2 Å². The van der Waals surface area contributed by atoms with Crippen LogP contribution >= 0.6 is 0 Å². The molecule has 1 aromatic heterocycles. The van der Waals surface area contributed by atoms with Gasteiger partial charge in [0.15, 0.2) is 11.5 Å². The highest BCUT2D eigenvalue weighted by molar-refractivity contribution is 6.00. The zero-order valence-corrected chi connectivity index (χ0v) is 17.6. The van der Waals surface area contributed by atoms with Gasteiger partial charge in [-0.1, -0.05) is 17.3 Å². The Kier molecular flexibility index (Phi) is 6.03. The van der Waals surface area contributed by atoms with Crippen LogP contribution in [-0.4, -0.2) is 68.6 Å². The van der Waals surface area contributed by atoms with Crippen molar-refractivity contribution in [2.75, 3.05) is 47.6 Å². The normalized spacial score (nSPS) is 13.7. The Morgan fingerprint density at radius 3 is 2.32 bits per heavy atom. The number of hydrogen-bond acceptors (Lipinski definition) is 8. The molecule has 1 aliphatic heterocycles. The average molecular weight is 425 g/mol. The summed E-state index contributed by atoms with van der Waals surface area (Å²) in [5.41, 5.74) is 1.70. The molecule has 0 aliphatic carbocycles. The Morgan fingerprint density at radius 1 is 1.00 bits per heavy atom. The molecule has 0 unspecified atom stereocenters. The first-order chi connectivity index (χ1) is 15.2. The van der Waals surface area contributed by atoms with Crippen LogP contribution in [0.3, 0.4) is 0 Å². The van der Waals surface area contributed by atoms with Crippen molar-refractivity contribution < 1.29 is 28.3 Å². The van der Waals surface area contributed by atoms with Gasteiger partial charge >= 0.3 is 0 Å². The second-order valence-electron chi connectivity index (χ2n) is 6.79. The first-order valence-electron chi connectivity index (χ1n) is 9.76. The monoisotopic (exact) mass is 425 g/mol. The van der Waals surface area contributed by atoms with Crippen molar-refractivity contribution >= 4 is 5.91 Å². The summed E-state index contributed by atoms with van der Waals surface area (Å²) >= 11 is 0. The van der Waals surface area contributed by atoms with Crippen LogP contribution in [0.5, 0.6) is 17.2 Å². The lowest BCUT2D eigenvalue weighted by Crippen LogP contribution is -2.40. The van der Waals surface area contributed by atoms with Gasteiger partial charge in [0.1, 0.15) is 0 Å². The molecule has 1 saturated heterocycles. The van der Waals surface area contributed by atoms with E-state index in [-0.39, 0.29) is 11.8 Å². The third-order valence-electron chi connectivity index (χ3n) is 5.04. The lowest BCUT2D eigenvalue weighted by molar-refractivity contribution is 0.0303. The Bertz CT molecular complexity index is 1050. The van der Waals surface area contributed by atoms with E-state index in [9.17, 15) is 4.79 Å². The predicted molar refractivity (Wildman–Crippen MR) is 112 cm³/mol. The number of carbonyl (C=O) groups excluding carboxylic acids is 1. The molecule has 0 atom stereocenters. The molecule has 31 heavy (non-hydrogen) atoms. The molecule has 0 bridgehead atoms. The Morgan fingerprint density at radius 2 is 1.68 bits per heavy atom. The van der Waals surface area contributed by atoms with Gasteiger partial charge in [0.2, 0.25) is 11.6 Å². The molecule has 0 saturated carbocycles. The van der Waals surface area contributed by atoms with E-state index in [4.69, 9.17) is 23.5 Å². The fraction of sp³-hybridized carbons (Fsp3) is 0.318. The molecular weight excluding hydrogens is 402 g/mol. The van der Waals surface area contributed by atoms with Crippen LogP contribution in [0, 0.1) is 0 Å². The van der Waals surface area contributed by atoms with Gasteiger partial charge in [0.25, 0.3) is 11.8 Å². The number of morpholine rings is 1. The molecule has 3 aromatic rings. The molecule has 2 aromatic carbocycles. The third kappa shape index (κ3) is 4.04. The highest BCUT2D eigenvalue weighted by Gasteiger charge is 2.24. The minimum absolute atomic E-state index is 0.0913. The summed E-state index contributed by atoms with van der Waals surface area (Å²) in [7, 11) is 4.61. The lowest BCUT2D eigenvalue weighted by atomic mass is 10.1. The van der Waals surface area contributed by atoms with E-state index in [0.717, 1.165) is 0 Å². The number of rotatable bonds is 6. The molecule has 1 amide bonds. The summed E-state index contributed by atoms with van der Waals surface area (Å²) in [6, 6.07) is 10.7. The first kappa shape index (κ1) is 20.7. The molecule has 1 aliphatic rings. The zero-order chi connectivity index (χ0) is 21.8.